The predicted molar refractivity (Wildman–Crippen MR) is 157 cm³/mol. The molecule has 0 bridgehead atoms. The van der Waals surface area contributed by atoms with Crippen LogP contribution in [0.1, 0.15) is 41.8 Å². The number of ether oxygens (including phenoxy) is 2. The number of carbonyl (C=O) groups excluding carboxylic acids is 2. The number of nitrogens with one attached hydrogen (secondary N) is 1. The van der Waals surface area contributed by atoms with Crippen LogP contribution in [-0.2, 0) is 20.4 Å². The topological polar surface area (TPSA) is 132 Å². The van der Waals surface area contributed by atoms with E-state index in [1.807, 2.05) is 20.0 Å². The second-order valence-electron chi connectivity index (χ2n) is 10.5. The summed E-state index contributed by atoms with van der Waals surface area (Å²) in [5, 5.41) is 2.40. The molecule has 44 heavy (non-hydrogen) atoms. The maximum absolute atomic E-state index is 13.0. The summed E-state index contributed by atoms with van der Waals surface area (Å²) in [4.78, 5) is 40.2. The Morgan fingerprint density at radius 2 is 2.02 bits per heavy atom. The highest BCUT2D eigenvalue weighted by Crippen LogP contribution is 2.39. The van der Waals surface area contributed by atoms with Crippen molar-refractivity contribution in [2.75, 3.05) is 38.2 Å². The van der Waals surface area contributed by atoms with Gasteiger partial charge in [-0.15, -0.1) is 0 Å². The molecule has 1 aromatic carbocycles. The SMILES string of the molecule is CCOCCC(=O)N1CCOC(C(C)[N+]23C=CN=C(N)C2=C(c2ccc(C(=O)Nc4cc(C(F)(F)F)ccn4)cc2)N=C3)C1. The maximum atomic E-state index is 13.0. The number of aromatic nitrogens is 1. The van der Waals surface area contributed by atoms with E-state index in [4.69, 9.17) is 20.2 Å². The Morgan fingerprint density at radius 1 is 1.25 bits per heavy atom. The molecule has 232 valence electrons. The number of hydrogen-bond acceptors (Lipinski definition) is 8. The standard InChI is InChI=1S/C30H32F3N7O4/c1-3-43-14-9-25(41)39-12-15-44-23(17-39)19(2)40-13-11-36-28(34)27(40)26(37-18-40)20-4-6-21(7-5-20)29(42)38-24-16-22(8-10-35-24)30(31,32)33/h4-8,10-11,13,16,18-19,23H,3,9,12,14-15,17H2,1-2H3,(H2-,34,35,36,38,42)/p+1. The van der Waals surface area contributed by atoms with E-state index in [0.717, 1.165) is 18.3 Å². The Hall–Kier alpha value is -4.40. The van der Waals surface area contributed by atoms with Crippen LogP contribution in [0.2, 0.25) is 0 Å². The minimum absolute atomic E-state index is 0.00807. The highest BCUT2D eigenvalue weighted by molar-refractivity contribution is 6.07. The normalized spacial score (nSPS) is 22.1. The molecule has 0 saturated carbocycles. The van der Waals surface area contributed by atoms with Crippen molar-refractivity contribution in [3.8, 4) is 0 Å². The van der Waals surface area contributed by atoms with Gasteiger partial charge in [-0.2, -0.15) is 18.2 Å². The van der Waals surface area contributed by atoms with Gasteiger partial charge in [0.2, 0.25) is 17.9 Å². The molecular formula is C30H33F3N7O4+. The predicted octanol–water partition coefficient (Wildman–Crippen LogP) is 3.76. The van der Waals surface area contributed by atoms with Crippen molar-refractivity contribution in [3.63, 3.8) is 0 Å². The number of halogens is 3. The number of rotatable bonds is 9. The van der Waals surface area contributed by atoms with E-state index >= 15 is 0 Å². The molecule has 3 atom stereocenters. The summed E-state index contributed by atoms with van der Waals surface area (Å²) >= 11 is 0. The number of amides is 2. The number of aliphatic imine (C=N–C) groups is 2. The second kappa shape index (κ2) is 12.7. The van der Waals surface area contributed by atoms with Crippen LogP contribution in [0, 0.1) is 0 Å². The fourth-order valence-electron chi connectivity index (χ4n) is 5.40. The molecule has 3 aliphatic rings. The molecule has 4 heterocycles. The number of anilines is 1. The lowest BCUT2D eigenvalue weighted by Crippen LogP contribution is -2.60. The van der Waals surface area contributed by atoms with Crippen molar-refractivity contribution in [3.05, 3.63) is 77.4 Å². The molecule has 3 aliphatic heterocycles. The monoisotopic (exact) mass is 612 g/mol. The highest BCUT2D eigenvalue weighted by atomic mass is 19.4. The number of pyridine rings is 1. The Bertz CT molecular complexity index is 1540. The first-order valence-corrected chi connectivity index (χ1v) is 14.1. The fraction of sp³-hybridized carbons (Fsp3) is 0.367. The van der Waals surface area contributed by atoms with Crippen LogP contribution in [0.25, 0.3) is 5.70 Å². The van der Waals surface area contributed by atoms with Crippen LogP contribution >= 0.6 is 0 Å². The van der Waals surface area contributed by atoms with E-state index in [2.05, 4.69) is 15.3 Å². The average molecular weight is 613 g/mol. The molecular weight excluding hydrogens is 579 g/mol. The summed E-state index contributed by atoms with van der Waals surface area (Å²) in [5.41, 5.74) is 7.56. The number of nitrogens with two attached hydrogens (primary N) is 1. The van der Waals surface area contributed by atoms with Gasteiger partial charge in [0, 0.05) is 30.5 Å². The number of morpholine rings is 1. The van der Waals surface area contributed by atoms with Crippen LogP contribution < -0.4 is 11.1 Å². The molecule has 0 spiro atoms. The Balaban J connectivity index is 1.35. The third-order valence-corrected chi connectivity index (χ3v) is 7.83. The van der Waals surface area contributed by atoms with Gasteiger partial charge in [-0.3, -0.25) is 9.59 Å². The van der Waals surface area contributed by atoms with Gasteiger partial charge in [0.15, 0.2) is 5.84 Å². The zero-order valence-electron chi connectivity index (χ0n) is 24.3. The minimum atomic E-state index is -4.56. The van der Waals surface area contributed by atoms with Crippen LogP contribution in [0.4, 0.5) is 19.0 Å². The third kappa shape index (κ3) is 6.27. The van der Waals surface area contributed by atoms with Crippen molar-refractivity contribution in [2.45, 2.75) is 38.6 Å². The first-order valence-electron chi connectivity index (χ1n) is 14.1. The fourth-order valence-corrected chi connectivity index (χ4v) is 5.40. The van der Waals surface area contributed by atoms with Crippen LogP contribution in [0.15, 0.2) is 70.7 Å². The zero-order valence-corrected chi connectivity index (χ0v) is 24.3. The highest BCUT2D eigenvalue weighted by Gasteiger charge is 2.50. The molecule has 11 nitrogen and oxygen atoms in total. The van der Waals surface area contributed by atoms with Gasteiger partial charge in [0.05, 0.1) is 37.9 Å². The zero-order chi connectivity index (χ0) is 31.5. The van der Waals surface area contributed by atoms with E-state index in [1.165, 1.54) is 0 Å². The van der Waals surface area contributed by atoms with Gasteiger partial charge in [-0.05, 0) is 38.1 Å². The number of fused-ring (bicyclic) bond motifs is 1. The van der Waals surface area contributed by atoms with Gasteiger partial charge in [-0.1, -0.05) is 12.1 Å². The molecule has 0 aliphatic carbocycles. The summed E-state index contributed by atoms with van der Waals surface area (Å²) in [6.07, 6.45) is 1.65. The lowest BCUT2D eigenvalue weighted by atomic mass is 10.0. The van der Waals surface area contributed by atoms with Crippen molar-refractivity contribution < 1.29 is 36.7 Å². The van der Waals surface area contributed by atoms with Gasteiger partial charge in [-0.25, -0.2) is 14.5 Å². The van der Waals surface area contributed by atoms with E-state index in [1.54, 1.807) is 41.7 Å². The number of alkyl halides is 3. The molecule has 1 fully saturated rings. The van der Waals surface area contributed by atoms with Crippen LogP contribution in [0.3, 0.4) is 0 Å². The minimum Gasteiger partial charge on any atom is -0.381 e. The number of quaternary nitrogens is 1. The molecule has 2 amide bonds. The quantitative estimate of drug-likeness (QED) is 0.328. The third-order valence-electron chi connectivity index (χ3n) is 7.83. The van der Waals surface area contributed by atoms with Crippen molar-refractivity contribution >= 4 is 35.5 Å². The first-order chi connectivity index (χ1) is 21.0. The van der Waals surface area contributed by atoms with E-state index in [-0.39, 0.29) is 39.8 Å². The summed E-state index contributed by atoms with van der Waals surface area (Å²) in [5.74, 6) is -0.558. The number of benzene rings is 1. The van der Waals surface area contributed by atoms with E-state index in [0.29, 0.717) is 56.3 Å². The van der Waals surface area contributed by atoms with Crippen LogP contribution in [0.5, 0.6) is 0 Å². The van der Waals surface area contributed by atoms with Crippen LogP contribution in [-0.4, -0.2) is 83.4 Å². The van der Waals surface area contributed by atoms with Gasteiger partial charge >= 0.3 is 6.18 Å². The number of carbonyl (C=O) groups is 2. The summed E-state index contributed by atoms with van der Waals surface area (Å²) in [6, 6.07) is 7.82. The second-order valence-corrected chi connectivity index (χ2v) is 10.5. The van der Waals surface area contributed by atoms with Crippen molar-refractivity contribution in [2.24, 2.45) is 15.7 Å². The maximum Gasteiger partial charge on any atom is 0.416 e. The largest absolute Gasteiger partial charge is 0.416 e. The molecule has 5 rings (SSSR count). The Kier molecular flexibility index (Phi) is 8.95. The lowest BCUT2D eigenvalue weighted by molar-refractivity contribution is -0.765. The lowest BCUT2D eigenvalue weighted by Gasteiger charge is -2.42. The molecule has 1 aromatic heterocycles. The van der Waals surface area contributed by atoms with Gasteiger partial charge < -0.3 is 25.4 Å². The summed E-state index contributed by atoms with van der Waals surface area (Å²) < 4.78 is 50.7. The molecule has 2 aromatic rings. The summed E-state index contributed by atoms with van der Waals surface area (Å²) in [6.45, 7) is 6.11. The Morgan fingerprint density at radius 3 is 2.75 bits per heavy atom. The number of amidine groups is 1. The molecule has 14 heteroatoms. The molecule has 0 radical (unpaired) electrons. The Labute approximate surface area is 252 Å². The number of hydrogen-bond donors (Lipinski definition) is 2. The first kappa shape index (κ1) is 31.0. The van der Waals surface area contributed by atoms with Crippen molar-refractivity contribution in [1.29, 1.82) is 0 Å². The van der Waals surface area contributed by atoms with E-state index < -0.39 is 17.6 Å². The average Bonchev–Trinajstić information content (AvgIpc) is 3.43. The van der Waals surface area contributed by atoms with Gasteiger partial charge in [0.1, 0.15) is 29.9 Å². The molecule has 1 saturated heterocycles. The number of nitrogens with zero attached hydrogens (tertiary/aromatic N) is 5. The molecule has 3 N–H and O–H groups in total. The van der Waals surface area contributed by atoms with Crippen molar-refractivity contribution in [1.82, 2.24) is 9.88 Å². The smallest absolute Gasteiger partial charge is 0.381 e. The molecule has 3 unspecified atom stereocenters. The summed E-state index contributed by atoms with van der Waals surface area (Å²) in [7, 11) is 0. The van der Waals surface area contributed by atoms with Gasteiger partial charge in [0.25, 0.3) is 5.91 Å². The van der Waals surface area contributed by atoms with E-state index in [9.17, 15) is 22.8 Å².